The zero-order chi connectivity index (χ0) is 25.3. The quantitative estimate of drug-likeness (QED) is 0.227. The standard InChI is InChI=1S/C25H20I2N2O5S/c1-4-18-20(24(32)33-3)21(14-8-6-5-7-9-14)29-23(31)19(35-25(29)28-18)11-15-10-16(26)12-17(27)22(15)34-13(2)30/h5-12,21H,4H2,1-3H3/b19-11+/t21-/m1/s1. The summed E-state index contributed by atoms with van der Waals surface area (Å²) in [6.45, 7) is 3.25. The lowest BCUT2D eigenvalue weighted by Crippen LogP contribution is -2.40. The van der Waals surface area contributed by atoms with Crippen LogP contribution < -0.4 is 19.6 Å². The Morgan fingerprint density at radius 3 is 2.54 bits per heavy atom. The second-order valence-electron chi connectivity index (χ2n) is 7.60. The Bertz CT molecular complexity index is 1540. The third kappa shape index (κ3) is 5.14. The second kappa shape index (κ2) is 10.7. The number of carbonyl (C=O) groups is 2. The van der Waals surface area contributed by atoms with Crippen molar-refractivity contribution in [2.75, 3.05) is 7.11 Å². The fraction of sp³-hybridized carbons (Fsp3) is 0.200. The van der Waals surface area contributed by atoms with Crippen molar-refractivity contribution in [3.63, 3.8) is 0 Å². The van der Waals surface area contributed by atoms with Crippen LogP contribution in [0.15, 0.2) is 63.5 Å². The Morgan fingerprint density at radius 2 is 1.91 bits per heavy atom. The molecule has 0 radical (unpaired) electrons. The Balaban J connectivity index is 2.01. The van der Waals surface area contributed by atoms with E-state index in [-0.39, 0.29) is 5.56 Å². The fourth-order valence-corrected chi connectivity index (χ4v) is 6.91. The third-order valence-electron chi connectivity index (χ3n) is 5.34. The number of hydrogen-bond acceptors (Lipinski definition) is 7. The van der Waals surface area contributed by atoms with E-state index in [9.17, 15) is 14.4 Å². The van der Waals surface area contributed by atoms with Crippen molar-refractivity contribution in [2.45, 2.75) is 26.3 Å². The number of ether oxygens (including phenoxy) is 2. The van der Waals surface area contributed by atoms with Gasteiger partial charge in [0.25, 0.3) is 5.56 Å². The van der Waals surface area contributed by atoms with Gasteiger partial charge in [0, 0.05) is 16.1 Å². The molecule has 4 rings (SSSR count). The van der Waals surface area contributed by atoms with Gasteiger partial charge < -0.3 is 9.47 Å². The van der Waals surface area contributed by atoms with E-state index in [0.29, 0.717) is 38.3 Å². The highest BCUT2D eigenvalue weighted by atomic mass is 127. The first-order valence-electron chi connectivity index (χ1n) is 10.6. The fourth-order valence-electron chi connectivity index (χ4n) is 3.90. The maximum Gasteiger partial charge on any atom is 0.338 e. The zero-order valence-electron chi connectivity index (χ0n) is 19.0. The monoisotopic (exact) mass is 714 g/mol. The number of fused-ring (bicyclic) bond motifs is 1. The van der Waals surface area contributed by atoms with Crippen molar-refractivity contribution < 1.29 is 19.1 Å². The molecule has 1 aliphatic rings. The molecule has 2 aromatic carbocycles. The largest absolute Gasteiger partial charge is 0.466 e. The van der Waals surface area contributed by atoms with Crippen molar-refractivity contribution >= 4 is 74.5 Å². The van der Waals surface area contributed by atoms with E-state index in [2.05, 4.69) is 50.2 Å². The zero-order valence-corrected chi connectivity index (χ0v) is 24.1. The molecule has 0 amide bonds. The maximum atomic E-state index is 13.8. The number of thiazole rings is 1. The van der Waals surface area contributed by atoms with Crippen molar-refractivity contribution in [1.82, 2.24) is 4.57 Å². The number of aromatic nitrogens is 1. The lowest BCUT2D eigenvalue weighted by molar-refractivity contribution is -0.136. The highest BCUT2D eigenvalue weighted by Gasteiger charge is 2.33. The molecule has 35 heavy (non-hydrogen) atoms. The molecule has 0 aliphatic carbocycles. The van der Waals surface area contributed by atoms with Gasteiger partial charge in [-0.2, -0.15) is 0 Å². The number of rotatable bonds is 5. The lowest BCUT2D eigenvalue weighted by Gasteiger charge is -2.25. The van der Waals surface area contributed by atoms with Gasteiger partial charge in [0.05, 0.1) is 32.5 Å². The molecule has 0 saturated heterocycles. The van der Waals surface area contributed by atoms with Gasteiger partial charge in [0.2, 0.25) is 0 Å². The van der Waals surface area contributed by atoms with Crippen molar-refractivity contribution in [2.24, 2.45) is 4.99 Å². The molecule has 2 heterocycles. The van der Waals surface area contributed by atoms with Crippen LogP contribution in [-0.2, 0) is 14.3 Å². The lowest BCUT2D eigenvalue weighted by atomic mass is 9.95. The Labute approximate surface area is 232 Å². The highest BCUT2D eigenvalue weighted by Crippen LogP contribution is 2.32. The molecule has 0 unspecified atom stereocenters. The van der Waals surface area contributed by atoms with E-state index in [4.69, 9.17) is 9.47 Å². The molecule has 1 aromatic heterocycles. The van der Waals surface area contributed by atoms with Gasteiger partial charge >= 0.3 is 11.9 Å². The number of methoxy groups -OCH3 is 1. The maximum absolute atomic E-state index is 13.8. The average molecular weight is 714 g/mol. The van der Waals surface area contributed by atoms with Crippen LogP contribution in [0.4, 0.5) is 0 Å². The van der Waals surface area contributed by atoms with E-state index < -0.39 is 18.0 Å². The van der Waals surface area contributed by atoms with Crippen LogP contribution in [0.25, 0.3) is 6.08 Å². The minimum atomic E-state index is -0.666. The summed E-state index contributed by atoms with van der Waals surface area (Å²) in [7, 11) is 1.32. The molecule has 0 N–H and O–H groups in total. The molecule has 0 bridgehead atoms. The van der Waals surface area contributed by atoms with Crippen LogP contribution in [-0.4, -0.2) is 23.6 Å². The van der Waals surface area contributed by atoms with E-state index in [1.807, 2.05) is 49.4 Å². The van der Waals surface area contributed by atoms with Gasteiger partial charge in [-0.15, -0.1) is 0 Å². The molecule has 10 heteroatoms. The van der Waals surface area contributed by atoms with Crippen LogP contribution in [0.1, 0.15) is 37.4 Å². The topological polar surface area (TPSA) is 87.0 Å². The minimum absolute atomic E-state index is 0.290. The van der Waals surface area contributed by atoms with Crippen LogP contribution >= 0.6 is 56.5 Å². The molecule has 0 fully saturated rings. The summed E-state index contributed by atoms with van der Waals surface area (Å²) in [5, 5.41) is 0. The molecule has 7 nitrogen and oxygen atoms in total. The second-order valence-corrected chi connectivity index (χ2v) is 11.0. The third-order valence-corrected chi connectivity index (χ3v) is 7.74. The van der Waals surface area contributed by atoms with E-state index in [1.54, 1.807) is 10.6 Å². The summed E-state index contributed by atoms with van der Waals surface area (Å²) < 4.78 is 14.2. The molecule has 3 aromatic rings. The molecule has 180 valence electrons. The number of esters is 2. The molecule has 1 aliphatic heterocycles. The first-order valence-corrected chi connectivity index (χ1v) is 13.6. The van der Waals surface area contributed by atoms with Gasteiger partial charge in [-0.3, -0.25) is 14.2 Å². The Kier molecular flexibility index (Phi) is 7.91. The summed E-state index contributed by atoms with van der Waals surface area (Å²) in [4.78, 5) is 43.5. The van der Waals surface area contributed by atoms with Crippen molar-refractivity contribution in [3.05, 3.63) is 91.7 Å². The number of hydrogen-bond donors (Lipinski definition) is 0. The summed E-state index contributed by atoms with van der Waals surface area (Å²) in [5.41, 5.74) is 2.04. The molecule has 0 spiro atoms. The van der Waals surface area contributed by atoms with Gasteiger partial charge in [-0.1, -0.05) is 48.6 Å². The Morgan fingerprint density at radius 1 is 1.20 bits per heavy atom. The minimum Gasteiger partial charge on any atom is -0.466 e. The molecular formula is C25H20I2N2O5S. The van der Waals surface area contributed by atoms with Gasteiger partial charge in [-0.25, -0.2) is 9.79 Å². The van der Waals surface area contributed by atoms with E-state index in [0.717, 1.165) is 12.7 Å². The van der Waals surface area contributed by atoms with Gasteiger partial charge in [0.15, 0.2) is 10.6 Å². The number of allylic oxidation sites excluding steroid dienone is 1. The number of halogens is 2. The first-order chi connectivity index (χ1) is 16.7. The predicted molar refractivity (Wildman–Crippen MR) is 150 cm³/mol. The van der Waals surface area contributed by atoms with Gasteiger partial charge in [0.1, 0.15) is 0 Å². The molecular weight excluding hydrogens is 694 g/mol. The summed E-state index contributed by atoms with van der Waals surface area (Å²) in [6, 6.07) is 12.4. The van der Waals surface area contributed by atoms with Gasteiger partial charge in [-0.05, 0) is 75.4 Å². The number of nitrogens with zero attached hydrogens (tertiary/aromatic N) is 2. The van der Waals surface area contributed by atoms with Crippen LogP contribution in [0, 0.1) is 7.14 Å². The van der Waals surface area contributed by atoms with Crippen LogP contribution in [0.2, 0.25) is 0 Å². The summed E-state index contributed by atoms with van der Waals surface area (Å²) >= 11 is 5.52. The predicted octanol–water partition coefficient (Wildman–Crippen LogP) is 3.93. The molecule has 1 atom stereocenters. The smallest absolute Gasteiger partial charge is 0.338 e. The van der Waals surface area contributed by atoms with E-state index in [1.165, 1.54) is 25.4 Å². The number of benzene rings is 2. The van der Waals surface area contributed by atoms with Crippen molar-refractivity contribution in [1.29, 1.82) is 0 Å². The first kappa shape index (κ1) is 25.8. The highest BCUT2D eigenvalue weighted by molar-refractivity contribution is 14.1. The molecule has 0 saturated carbocycles. The SMILES string of the molecule is CCC1=C(C(=O)OC)[C@@H](c2ccccc2)n2c(s/c(=C/c3cc(I)cc(I)c3OC(C)=O)c2=O)=N1. The van der Waals surface area contributed by atoms with Crippen molar-refractivity contribution in [3.8, 4) is 5.75 Å². The summed E-state index contributed by atoms with van der Waals surface area (Å²) in [5.74, 6) is -0.564. The summed E-state index contributed by atoms with van der Waals surface area (Å²) in [6.07, 6.45) is 2.21. The van der Waals surface area contributed by atoms with Crippen LogP contribution in [0.3, 0.4) is 0 Å². The van der Waals surface area contributed by atoms with Crippen LogP contribution in [0.5, 0.6) is 5.75 Å². The number of carbonyl (C=O) groups excluding carboxylic acids is 2. The Hall–Kier alpha value is -2.32. The van der Waals surface area contributed by atoms with E-state index >= 15 is 0 Å². The average Bonchev–Trinajstić information content (AvgIpc) is 3.14. The normalized spacial score (nSPS) is 15.5.